The van der Waals surface area contributed by atoms with Gasteiger partial charge in [0.25, 0.3) is 0 Å². The zero-order chi connectivity index (χ0) is 19.4. The number of aromatic nitrogens is 2. The molecule has 0 aliphatic carbocycles. The molecule has 7 heteroatoms. The Morgan fingerprint density at radius 2 is 2.04 bits per heavy atom. The summed E-state index contributed by atoms with van der Waals surface area (Å²) in [6.07, 6.45) is 1.31. The van der Waals surface area contributed by atoms with Crippen LogP contribution in [0.25, 0.3) is 0 Å². The second-order valence-electron chi connectivity index (χ2n) is 7.58. The fourth-order valence-corrected chi connectivity index (χ4v) is 3.65. The molecule has 0 N–H and O–H groups in total. The minimum atomic E-state index is -0.0646. The fourth-order valence-electron chi connectivity index (χ4n) is 3.52. The lowest BCUT2D eigenvalue weighted by molar-refractivity contribution is -0.130. The van der Waals surface area contributed by atoms with Crippen molar-refractivity contribution in [3.8, 4) is 0 Å². The summed E-state index contributed by atoms with van der Waals surface area (Å²) in [6.45, 7) is 9.38. The minimum absolute atomic E-state index is 0.0646. The van der Waals surface area contributed by atoms with Crippen LogP contribution in [0.5, 0.6) is 0 Å². The molecule has 1 atom stereocenters. The van der Waals surface area contributed by atoms with Crippen LogP contribution in [0.15, 0.2) is 28.8 Å². The molecular weight excluding hydrogens is 364 g/mol. The smallest absolute Gasteiger partial charge is 0.245 e. The van der Waals surface area contributed by atoms with Crippen LogP contribution < -0.4 is 0 Å². The summed E-state index contributed by atoms with van der Waals surface area (Å²) >= 11 is 5.94. The van der Waals surface area contributed by atoms with E-state index in [2.05, 4.69) is 28.9 Å². The highest BCUT2D eigenvalue weighted by Gasteiger charge is 2.32. The number of carbonyl (C=O) groups excluding carboxylic acids is 1. The second kappa shape index (κ2) is 8.85. The number of hydrogen-bond donors (Lipinski definition) is 0. The molecule has 0 saturated carbocycles. The lowest BCUT2D eigenvalue weighted by Gasteiger charge is -2.30. The van der Waals surface area contributed by atoms with Crippen molar-refractivity contribution >= 4 is 17.5 Å². The average Bonchev–Trinajstić information content (AvgIpc) is 2.93. The van der Waals surface area contributed by atoms with E-state index in [-0.39, 0.29) is 11.9 Å². The van der Waals surface area contributed by atoms with Crippen LogP contribution >= 0.6 is 11.6 Å². The summed E-state index contributed by atoms with van der Waals surface area (Å²) in [7, 11) is 0. The van der Waals surface area contributed by atoms with Gasteiger partial charge in [0.05, 0.1) is 6.42 Å². The van der Waals surface area contributed by atoms with Gasteiger partial charge in [-0.3, -0.25) is 9.69 Å². The van der Waals surface area contributed by atoms with Gasteiger partial charge in [-0.2, -0.15) is 4.98 Å². The summed E-state index contributed by atoms with van der Waals surface area (Å²) in [4.78, 5) is 21.7. The molecule has 1 saturated heterocycles. The molecule has 1 amide bonds. The first-order chi connectivity index (χ1) is 12.9. The van der Waals surface area contributed by atoms with Crippen molar-refractivity contribution < 1.29 is 9.32 Å². The van der Waals surface area contributed by atoms with E-state index in [0.29, 0.717) is 35.6 Å². The zero-order valence-electron chi connectivity index (χ0n) is 16.2. The Morgan fingerprint density at radius 3 is 2.67 bits per heavy atom. The average molecular weight is 391 g/mol. The topological polar surface area (TPSA) is 62.5 Å². The van der Waals surface area contributed by atoms with Crippen LogP contribution in [-0.4, -0.2) is 52.0 Å². The van der Waals surface area contributed by atoms with Gasteiger partial charge in [-0.05, 0) is 37.0 Å². The number of nitrogens with zero attached hydrogens (tertiary/aromatic N) is 4. The van der Waals surface area contributed by atoms with Crippen LogP contribution in [-0.2, 0) is 11.2 Å². The highest BCUT2D eigenvalue weighted by molar-refractivity contribution is 6.30. The van der Waals surface area contributed by atoms with Crippen molar-refractivity contribution in [3.63, 3.8) is 0 Å². The largest absolute Gasteiger partial charge is 0.340 e. The SMILES string of the molecule is Cc1noc(C2CN(C(=O)Cc3ccc(Cl)cc3)CCCN2CC(C)C)n1. The number of amides is 1. The maximum absolute atomic E-state index is 12.9. The lowest BCUT2D eigenvalue weighted by atomic mass is 10.1. The summed E-state index contributed by atoms with van der Waals surface area (Å²) < 4.78 is 5.48. The highest BCUT2D eigenvalue weighted by atomic mass is 35.5. The normalized spacial score (nSPS) is 18.7. The Hall–Kier alpha value is -1.92. The van der Waals surface area contributed by atoms with Crippen LogP contribution in [0.2, 0.25) is 5.02 Å². The highest BCUT2D eigenvalue weighted by Crippen LogP contribution is 2.25. The van der Waals surface area contributed by atoms with E-state index in [1.807, 2.05) is 36.1 Å². The van der Waals surface area contributed by atoms with Gasteiger partial charge in [0.1, 0.15) is 6.04 Å². The summed E-state index contributed by atoms with van der Waals surface area (Å²) in [5.74, 6) is 1.86. The third-order valence-electron chi connectivity index (χ3n) is 4.76. The molecule has 27 heavy (non-hydrogen) atoms. The Labute approximate surface area is 165 Å². The van der Waals surface area contributed by atoms with Crippen molar-refractivity contribution in [1.82, 2.24) is 19.9 Å². The molecule has 1 aliphatic rings. The van der Waals surface area contributed by atoms with Crippen molar-refractivity contribution in [3.05, 3.63) is 46.6 Å². The van der Waals surface area contributed by atoms with E-state index >= 15 is 0 Å². The first kappa shape index (κ1) is 19.8. The second-order valence-corrected chi connectivity index (χ2v) is 8.02. The molecule has 1 unspecified atom stereocenters. The Kier molecular flexibility index (Phi) is 6.50. The van der Waals surface area contributed by atoms with E-state index in [1.54, 1.807) is 0 Å². The van der Waals surface area contributed by atoms with Crippen LogP contribution in [0.4, 0.5) is 0 Å². The maximum atomic E-state index is 12.9. The molecule has 146 valence electrons. The molecule has 2 aromatic rings. The predicted molar refractivity (Wildman–Crippen MR) is 105 cm³/mol. The molecule has 6 nitrogen and oxygen atoms in total. The van der Waals surface area contributed by atoms with Crippen LogP contribution in [0.3, 0.4) is 0 Å². The summed E-state index contributed by atoms with van der Waals surface area (Å²) in [5.41, 5.74) is 0.970. The van der Waals surface area contributed by atoms with Gasteiger partial charge < -0.3 is 9.42 Å². The number of hydrogen-bond acceptors (Lipinski definition) is 5. The predicted octanol–water partition coefficient (Wildman–Crippen LogP) is 3.51. The summed E-state index contributed by atoms with van der Waals surface area (Å²) in [6, 6.07) is 7.39. The van der Waals surface area contributed by atoms with Gasteiger partial charge in [0, 0.05) is 31.2 Å². The Morgan fingerprint density at radius 1 is 1.30 bits per heavy atom. The Balaban J connectivity index is 1.76. The van der Waals surface area contributed by atoms with Crippen molar-refractivity contribution in [1.29, 1.82) is 0 Å². The third-order valence-corrected chi connectivity index (χ3v) is 5.01. The molecule has 0 spiro atoms. The van der Waals surface area contributed by atoms with Gasteiger partial charge in [0.15, 0.2) is 5.82 Å². The minimum Gasteiger partial charge on any atom is -0.340 e. The molecule has 1 aliphatic heterocycles. The van der Waals surface area contributed by atoms with Gasteiger partial charge in [0.2, 0.25) is 11.8 Å². The van der Waals surface area contributed by atoms with E-state index in [9.17, 15) is 4.79 Å². The summed E-state index contributed by atoms with van der Waals surface area (Å²) in [5, 5.41) is 4.63. The van der Waals surface area contributed by atoms with Crippen molar-refractivity contribution in [2.24, 2.45) is 5.92 Å². The molecule has 1 fully saturated rings. The van der Waals surface area contributed by atoms with Crippen LogP contribution in [0.1, 0.15) is 43.6 Å². The van der Waals surface area contributed by atoms with Crippen molar-refractivity contribution in [2.45, 2.75) is 39.7 Å². The molecule has 1 aromatic heterocycles. The third kappa shape index (κ3) is 5.30. The fraction of sp³-hybridized carbons (Fsp3) is 0.550. The molecule has 0 bridgehead atoms. The van der Waals surface area contributed by atoms with E-state index in [4.69, 9.17) is 16.1 Å². The first-order valence-electron chi connectivity index (χ1n) is 9.49. The molecule has 0 radical (unpaired) electrons. The molecule has 1 aromatic carbocycles. The van der Waals surface area contributed by atoms with Gasteiger partial charge >= 0.3 is 0 Å². The maximum Gasteiger partial charge on any atom is 0.245 e. The standard InChI is InChI=1S/C20H27ClN4O2/c1-14(2)12-24-9-4-10-25(13-18(24)20-22-15(3)23-27-20)19(26)11-16-5-7-17(21)8-6-16/h5-8,14,18H,4,9-13H2,1-3H3. The lowest BCUT2D eigenvalue weighted by Crippen LogP contribution is -2.39. The zero-order valence-corrected chi connectivity index (χ0v) is 16.9. The molecular formula is C20H27ClN4O2. The van der Waals surface area contributed by atoms with E-state index in [1.165, 1.54) is 0 Å². The first-order valence-corrected chi connectivity index (χ1v) is 9.86. The van der Waals surface area contributed by atoms with Gasteiger partial charge in [-0.15, -0.1) is 0 Å². The molecule has 3 rings (SSSR count). The van der Waals surface area contributed by atoms with Gasteiger partial charge in [-0.25, -0.2) is 0 Å². The number of rotatable bonds is 5. The number of carbonyl (C=O) groups is 1. The van der Waals surface area contributed by atoms with Crippen molar-refractivity contribution in [2.75, 3.05) is 26.2 Å². The van der Waals surface area contributed by atoms with Gasteiger partial charge in [-0.1, -0.05) is 42.7 Å². The molecule has 2 heterocycles. The number of aryl methyl sites for hydroxylation is 1. The van der Waals surface area contributed by atoms with Crippen LogP contribution in [0, 0.1) is 12.8 Å². The number of benzene rings is 1. The quantitative estimate of drug-likeness (QED) is 0.781. The van der Waals surface area contributed by atoms with E-state index in [0.717, 1.165) is 31.6 Å². The number of halogens is 1. The monoisotopic (exact) mass is 390 g/mol. The van der Waals surface area contributed by atoms with E-state index < -0.39 is 0 Å². The Bertz CT molecular complexity index is 760.